The van der Waals surface area contributed by atoms with Crippen LogP contribution in [0.15, 0.2) is 30.3 Å². The third-order valence-electron chi connectivity index (χ3n) is 3.99. The van der Waals surface area contributed by atoms with Crippen LogP contribution in [0.4, 0.5) is 10.5 Å². The van der Waals surface area contributed by atoms with Gasteiger partial charge in [-0.05, 0) is 30.9 Å². The van der Waals surface area contributed by atoms with Crippen LogP contribution in [0.5, 0.6) is 0 Å². The van der Waals surface area contributed by atoms with Gasteiger partial charge in [0.2, 0.25) is 0 Å². The Morgan fingerprint density at radius 2 is 1.95 bits per heavy atom. The van der Waals surface area contributed by atoms with Crippen LogP contribution in [-0.2, 0) is 0 Å². The number of anilines is 1. The van der Waals surface area contributed by atoms with Gasteiger partial charge in [0.25, 0.3) is 0 Å². The first kappa shape index (κ1) is 14.7. The number of piperidine rings is 1. The number of carbonyl (C=O) groups excluding carboxylic acids is 1. The summed E-state index contributed by atoms with van der Waals surface area (Å²) >= 11 is 0. The second-order valence-corrected chi connectivity index (χ2v) is 5.66. The van der Waals surface area contributed by atoms with Gasteiger partial charge in [-0.1, -0.05) is 25.1 Å². The summed E-state index contributed by atoms with van der Waals surface area (Å²) in [6.07, 6.45) is 2.24. The van der Waals surface area contributed by atoms with Crippen LogP contribution < -0.4 is 10.2 Å². The second-order valence-electron chi connectivity index (χ2n) is 5.66. The van der Waals surface area contributed by atoms with Crippen LogP contribution in [0.25, 0.3) is 0 Å². The molecule has 0 aromatic heterocycles. The van der Waals surface area contributed by atoms with Crippen molar-refractivity contribution < 1.29 is 4.79 Å². The number of nitrogens with one attached hydrogen (secondary N) is 1. The Kier molecular flexibility index (Phi) is 5.27. The fraction of sp³-hybridized carbons (Fsp3) is 0.562. The average Bonchev–Trinajstić information content (AvgIpc) is 2.48. The van der Waals surface area contributed by atoms with Crippen molar-refractivity contribution in [3.05, 3.63) is 30.3 Å². The van der Waals surface area contributed by atoms with E-state index in [1.807, 2.05) is 30.1 Å². The van der Waals surface area contributed by atoms with E-state index in [-0.39, 0.29) is 6.03 Å². The molecule has 4 nitrogen and oxygen atoms in total. The molecule has 1 N–H and O–H groups in total. The fourth-order valence-electron chi connectivity index (χ4n) is 2.47. The van der Waals surface area contributed by atoms with E-state index in [4.69, 9.17) is 0 Å². The topological polar surface area (TPSA) is 35.6 Å². The van der Waals surface area contributed by atoms with Crippen molar-refractivity contribution in [3.8, 4) is 0 Å². The molecule has 0 saturated carbocycles. The number of para-hydroxylation sites is 1. The maximum atomic E-state index is 12.0. The van der Waals surface area contributed by atoms with Gasteiger partial charge in [-0.15, -0.1) is 0 Å². The van der Waals surface area contributed by atoms with Gasteiger partial charge in [0.05, 0.1) is 0 Å². The number of hydrogen-bond acceptors (Lipinski definition) is 2. The standard InChI is InChI=1S/C16H25N3O/c1-14-8-11-19(12-9-14)16(20)17-10-13-18(2)15-6-4-3-5-7-15/h3-7,14H,8-13H2,1-2H3,(H,17,20). The number of benzene rings is 1. The van der Waals surface area contributed by atoms with Gasteiger partial charge >= 0.3 is 6.03 Å². The van der Waals surface area contributed by atoms with Crippen LogP contribution in [0.3, 0.4) is 0 Å². The Hall–Kier alpha value is -1.71. The molecule has 0 bridgehead atoms. The second kappa shape index (κ2) is 7.17. The van der Waals surface area contributed by atoms with Crippen molar-refractivity contribution in [2.75, 3.05) is 38.1 Å². The number of rotatable bonds is 4. The molecule has 2 rings (SSSR count). The fourth-order valence-corrected chi connectivity index (χ4v) is 2.47. The van der Waals surface area contributed by atoms with Gasteiger partial charge in [-0.25, -0.2) is 4.79 Å². The smallest absolute Gasteiger partial charge is 0.317 e. The number of likely N-dealkylation sites (tertiary alicyclic amines) is 1. The summed E-state index contributed by atoms with van der Waals surface area (Å²) in [5.74, 6) is 0.753. The Morgan fingerprint density at radius 1 is 1.30 bits per heavy atom. The number of nitrogens with zero attached hydrogens (tertiary/aromatic N) is 2. The van der Waals surface area contributed by atoms with Crippen molar-refractivity contribution in [3.63, 3.8) is 0 Å². The van der Waals surface area contributed by atoms with Gasteiger partial charge in [-0.3, -0.25) is 0 Å². The van der Waals surface area contributed by atoms with Crippen LogP contribution in [-0.4, -0.2) is 44.2 Å². The van der Waals surface area contributed by atoms with Crippen molar-refractivity contribution >= 4 is 11.7 Å². The van der Waals surface area contributed by atoms with E-state index in [0.717, 1.165) is 38.4 Å². The molecule has 1 saturated heterocycles. The lowest BCUT2D eigenvalue weighted by atomic mass is 10.00. The first-order valence-electron chi connectivity index (χ1n) is 7.46. The van der Waals surface area contributed by atoms with Crippen molar-refractivity contribution in [2.24, 2.45) is 5.92 Å². The summed E-state index contributed by atoms with van der Waals surface area (Å²) in [6, 6.07) is 10.3. The summed E-state index contributed by atoms with van der Waals surface area (Å²) < 4.78 is 0. The van der Waals surface area contributed by atoms with E-state index in [0.29, 0.717) is 6.54 Å². The quantitative estimate of drug-likeness (QED) is 0.916. The van der Waals surface area contributed by atoms with Gasteiger partial charge in [0.15, 0.2) is 0 Å². The molecule has 1 aromatic rings. The summed E-state index contributed by atoms with van der Waals surface area (Å²) in [5.41, 5.74) is 1.17. The molecule has 1 fully saturated rings. The third-order valence-corrected chi connectivity index (χ3v) is 3.99. The van der Waals surface area contributed by atoms with Crippen molar-refractivity contribution in [1.29, 1.82) is 0 Å². The van der Waals surface area contributed by atoms with Crippen molar-refractivity contribution in [2.45, 2.75) is 19.8 Å². The van der Waals surface area contributed by atoms with Crippen LogP contribution in [0.2, 0.25) is 0 Å². The van der Waals surface area contributed by atoms with Crippen LogP contribution >= 0.6 is 0 Å². The molecule has 1 heterocycles. The molecule has 0 unspecified atom stereocenters. The zero-order valence-electron chi connectivity index (χ0n) is 12.5. The molecule has 0 atom stereocenters. The normalized spacial score (nSPS) is 16.0. The lowest BCUT2D eigenvalue weighted by Crippen LogP contribution is -2.45. The molecule has 4 heteroatoms. The minimum absolute atomic E-state index is 0.0818. The van der Waals surface area contributed by atoms with Gasteiger partial charge in [0, 0.05) is 38.9 Å². The summed E-state index contributed by atoms with van der Waals surface area (Å²) in [5, 5.41) is 3.01. The van der Waals surface area contributed by atoms with E-state index in [1.165, 1.54) is 5.69 Å². The monoisotopic (exact) mass is 275 g/mol. The molecular formula is C16H25N3O. The maximum Gasteiger partial charge on any atom is 0.317 e. The highest BCUT2D eigenvalue weighted by Gasteiger charge is 2.19. The van der Waals surface area contributed by atoms with Gasteiger partial charge in [-0.2, -0.15) is 0 Å². The summed E-state index contributed by atoms with van der Waals surface area (Å²) in [4.78, 5) is 16.1. The molecule has 2 amide bonds. The Bertz CT molecular complexity index is 413. The molecule has 0 spiro atoms. The SMILES string of the molecule is CC1CCN(C(=O)NCCN(C)c2ccccc2)CC1. The molecule has 0 aliphatic carbocycles. The van der Waals surface area contributed by atoms with Crippen LogP contribution in [0.1, 0.15) is 19.8 Å². The predicted octanol–water partition coefficient (Wildman–Crippen LogP) is 2.56. The number of urea groups is 1. The first-order valence-corrected chi connectivity index (χ1v) is 7.46. The van der Waals surface area contributed by atoms with Crippen molar-refractivity contribution in [1.82, 2.24) is 10.2 Å². The number of carbonyl (C=O) groups is 1. The number of likely N-dealkylation sites (N-methyl/N-ethyl adjacent to an activating group) is 1. The van der Waals surface area contributed by atoms with Crippen LogP contribution in [0, 0.1) is 5.92 Å². The third kappa shape index (κ3) is 4.15. The Morgan fingerprint density at radius 3 is 2.60 bits per heavy atom. The Balaban J connectivity index is 1.69. The minimum Gasteiger partial charge on any atom is -0.373 e. The highest BCUT2D eigenvalue weighted by Crippen LogP contribution is 2.15. The predicted molar refractivity (Wildman–Crippen MR) is 83.1 cm³/mol. The van der Waals surface area contributed by atoms with E-state index in [9.17, 15) is 4.79 Å². The summed E-state index contributed by atoms with van der Waals surface area (Å²) in [7, 11) is 2.05. The lowest BCUT2D eigenvalue weighted by molar-refractivity contribution is 0.174. The Labute approximate surface area is 121 Å². The first-order chi connectivity index (χ1) is 9.66. The lowest BCUT2D eigenvalue weighted by Gasteiger charge is -2.30. The molecule has 1 aromatic carbocycles. The number of amides is 2. The maximum absolute atomic E-state index is 12.0. The molecular weight excluding hydrogens is 250 g/mol. The molecule has 0 radical (unpaired) electrons. The number of hydrogen-bond donors (Lipinski definition) is 1. The molecule has 20 heavy (non-hydrogen) atoms. The zero-order valence-corrected chi connectivity index (χ0v) is 12.5. The molecule has 110 valence electrons. The summed E-state index contributed by atoms with van der Waals surface area (Å²) in [6.45, 7) is 5.53. The molecule has 1 aliphatic rings. The average molecular weight is 275 g/mol. The highest BCUT2D eigenvalue weighted by molar-refractivity contribution is 5.74. The highest BCUT2D eigenvalue weighted by atomic mass is 16.2. The van der Waals surface area contributed by atoms with E-state index < -0.39 is 0 Å². The minimum atomic E-state index is 0.0818. The largest absolute Gasteiger partial charge is 0.373 e. The zero-order chi connectivity index (χ0) is 14.4. The van der Waals surface area contributed by atoms with E-state index in [1.54, 1.807) is 0 Å². The van der Waals surface area contributed by atoms with Gasteiger partial charge in [0.1, 0.15) is 0 Å². The molecule has 1 aliphatic heterocycles. The van der Waals surface area contributed by atoms with E-state index >= 15 is 0 Å². The van der Waals surface area contributed by atoms with E-state index in [2.05, 4.69) is 29.3 Å². The van der Waals surface area contributed by atoms with Gasteiger partial charge < -0.3 is 15.1 Å².